The summed E-state index contributed by atoms with van der Waals surface area (Å²) in [6.45, 7) is 2.00. The molecule has 0 atom stereocenters. The molecule has 2 nitrogen and oxygen atoms in total. The van der Waals surface area contributed by atoms with Gasteiger partial charge in [-0.15, -0.1) is 0 Å². The van der Waals surface area contributed by atoms with Gasteiger partial charge >= 0.3 is 0 Å². The number of hydrogen-bond acceptors (Lipinski definition) is 1. The van der Waals surface area contributed by atoms with Crippen LogP contribution in [0.1, 0.15) is 5.56 Å². The number of benzene rings is 1. The van der Waals surface area contributed by atoms with Gasteiger partial charge in [0.05, 0.1) is 6.34 Å². The van der Waals surface area contributed by atoms with E-state index in [0.717, 1.165) is 16.3 Å². The molecule has 0 spiro atoms. The highest BCUT2D eigenvalue weighted by Gasteiger charge is 1.95. The zero-order chi connectivity index (χ0) is 8.97. The van der Waals surface area contributed by atoms with E-state index < -0.39 is 0 Å². The summed E-state index contributed by atoms with van der Waals surface area (Å²) in [5, 5.41) is 3.80. The molecule has 64 valence electrons. The average molecular weight is 183 g/mol. The van der Waals surface area contributed by atoms with E-state index in [-0.39, 0.29) is 0 Å². The van der Waals surface area contributed by atoms with Gasteiger partial charge in [0.2, 0.25) is 0 Å². The van der Waals surface area contributed by atoms with Gasteiger partial charge in [0.1, 0.15) is 0 Å². The fraction of sp³-hybridized carbons (Fsp3) is 0.222. The van der Waals surface area contributed by atoms with Crippen molar-refractivity contribution < 1.29 is 0 Å². The first kappa shape index (κ1) is 9.07. The Kier molecular flexibility index (Phi) is 3.11. The number of rotatable bonds is 2. The number of anilines is 1. The third-order valence-electron chi connectivity index (χ3n) is 1.54. The monoisotopic (exact) mass is 182 g/mol. The van der Waals surface area contributed by atoms with E-state index in [1.807, 2.05) is 25.1 Å². The van der Waals surface area contributed by atoms with Crippen LogP contribution in [0.3, 0.4) is 0 Å². The van der Waals surface area contributed by atoms with Crippen molar-refractivity contribution in [1.29, 1.82) is 0 Å². The minimum Gasteiger partial charge on any atom is -0.347 e. The summed E-state index contributed by atoms with van der Waals surface area (Å²) in [4.78, 5) is 3.83. The van der Waals surface area contributed by atoms with E-state index >= 15 is 0 Å². The van der Waals surface area contributed by atoms with Gasteiger partial charge in [-0.3, -0.25) is 4.99 Å². The van der Waals surface area contributed by atoms with Crippen LogP contribution in [0.2, 0.25) is 5.02 Å². The topological polar surface area (TPSA) is 24.4 Å². The lowest BCUT2D eigenvalue weighted by molar-refractivity contribution is 1.43. The van der Waals surface area contributed by atoms with Crippen molar-refractivity contribution in [3.05, 3.63) is 28.8 Å². The highest BCUT2D eigenvalue weighted by atomic mass is 35.5. The van der Waals surface area contributed by atoms with Crippen molar-refractivity contribution in [3.8, 4) is 0 Å². The lowest BCUT2D eigenvalue weighted by atomic mass is 10.2. The van der Waals surface area contributed by atoms with Crippen LogP contribution in [0, 0.1) is 6.92 Å². The molecular weight excluding hydrogens is 172 g/mol. The summed E-state index contributed by atoms with van der Waals surface area (Å²) in [7, 11) is 1.72. The molecule has 0 saturated heterocycles. The first-order valence-electron chi connectivity index (χ1n) is 3.67. The van der Waals surface area contributed by atoms with Gasteiger partial charge in [0.15, 0.2) is 0 Å². The van der Waals surface area contributed by atoms with Crippen LogP contribution >= 0.6 is 11.6 Å². The highest BCUT2D eigenvalue weighted by Crippen LogP contribution is 2.18. The lowest BCUT2D eigenvalue weighted by Crippen LogP contribution is -1.96. The van der Waals surface area contributed by atoms with E-state index in [0.29, 0.717) is 0 Å². The van der Waals surface area contributed by atoms with Crippen LogP contribution in [-0.4, -0.2) is 13.4 Å². The minimum absolute atomic E-state index is 0.756. The third kappa shape index (κ3) is 2.24. The molecule has 0 aliphatic heterocycles. The van der Waals surface area contributed by atoms with Crippen molar-refractivity contribution >= 4 is 23.6 Å². The molecule has 1 N–H and O–H groups in total. The maximum Gasteiger partial charge on any atom is 0.0864 e. The van der Waals surface area contributed by atoms with Crippen LogP contribution in [0.15, 0.2) is 23.2 Å². The van der Waals surface area contributed by atoms with Gasteiger partial charge in [-0.05, 0) is 30.7 Å². The Balaban J connectivity index is 2.86. The normalized spacial score (nSPS) is 10.6. The molecule has 0 amide bonds. The first-order valence-corrected chi connectivity index (χ1v) is 4.05. The maximum absolute atomic E-state index is 5.79. The number of aliphatic imine (C=N–C) groups is 1. The number of halogens is 1. The molecule has 0 fully saturated rings. The Morgan fingerprint density at radius 2 is 2.25 bits per heavy atom. The number of nitrogens with one attached hydrogen (secondary N) is 1. The van der Waals surface area contributed by atoms with Crippen molar-refractivity contribution in [2.75, 3.05) is 12.4 Å². The van der Waals surface area contributed by atoms with Crippen LogP contribution < -0.4 is 5.32 Å². The van der Waals surface area contributed by atoms with E-state index in [1.165, 1.54) is 0 Å². The predicted molar refractivity (Wildman–Crippen MR) is 54.2 cm³/mol. The average Bonchev–Trinajstić information content (AvgIpc) is 2.03. The first-order chi connectivity index (χ1) is 5.74. The zero-order valence-electron chi connectivity index (χ0n) is 7.13. The molecule has 0 aromatic heterocycles. The molecular formula is C9H11ClN2. The number of nitrogens with zero attached hydrogens (tertiary/aromatic N) is 1. The molecule has 0 unspecified atom stereocenters. The Hall–Kier alpha value is -1.02. The van der Waals surface area contributed by atoms with E-state index in [2.05, 4.69) is 10.3 Å². The van der Waals surface area contributed by atoms with Gasteiger partial charge in [-0.1, -0.05) is 11.6 Å². The van der Waals surface area contributed by atoms with E-state index in [9.17, 15) is 0 Å². The Morgan fingerprint density at radius 1 is 1.50 bits per heavy atom. The van der Waals surface area contributed by atoms with E-state index in [1.54, 1.807) is 13.4 Å². The second kappa shape index (κ2) is 4.12. The molecule has 0 radical (unpaired) electrons. The fourth-order valence-electron chi connectivity index (χ4n) is 0.923. The molecule has 0 heterocycles. The van der Waals surface area contributed by atoms with Gasteiger partial charge < -0.3 is 5.32 Å². The Labute approximate surface area is 77.3 Å². The molecule has 0 aliphatic carbocycles. The second-order valence-corrected chi connectivity index (χ2v) is 2.93. The van der Waals surface area contributed by atoms with Crippen LogP contribution in [0.25, 0.3) is 0 Å². The molecule has 0 aliphatic rings. The van der Waals surface area contributed by atoms with Gasteiger partial charge in [0, 0.05) is 17.8 Å². The van der Waals surface area contributed by atoms with Crippen molar-refractivity contribution in [1.82, 2.24) is 0 Å². The quantitative estimate of drug-likeness (QED) is 0.552. The Morgan fingerprint density at radius 3 is 2.83 bits per heavy atom. The lowest BCUT2D eigenvalue weighted by Gasteiger charge is -2.04. The summed E-state index contributed by atoms with van der Waals surface area (Å²) < 4.78 is 0. The van der Waals surface area contributed by atoms with E-state index in [4.69, 9.17) is 11.6 Å². The van der Waals surface area contributed by atoms with Crippen LogP contribution in [-0.2, 0) is 0 Å². The molecule has 12 heavy (non-hydrogen) atoms. The Bertz CT molecular complexity index is 295. The summed E-state index contributed by atoms with van der Waals surface area (Å²) in [5.41, 5.74) is 2.15. The molecule has 1 rings (SSSR count). The maximum atomic E-state index is 5.79. The highest BCUT2D eigenvalue weighted by molar-refractivity contribution is 6.30. The SMILES string of the molecule is CN=CNc1ccc(Cl)cc1C. The summed E-state index contributed by atoms with van der Waals surface area (Å²) in [5.74, 6) is 0. The number of aryl methyl sites for hydroxylation is 1. The standard InChI is InChI=1S/C9H11ClN2/c1-7-5-8(10)3-4-9(7)12-6-11-2/h3-6H,1-2H3,(H,11,12). The summed E-state index contributed by atoms with van der Waals surface area (Å²) >= 11 is 5.79. The molecule has 0 bridgehead atoms. The van der Waals surface area contributed by atoms with Gasteiger partial charge in [-0.25, -0.2) is 0 Å². The summed E-state index contributed by atoms with van der Waals surface area (Å²) in [6.07, 6.45) is 1.65. The van der Waals surface area contributed by atoms with Crippen LogP contribution in [0.5, 0.6) is 0 Å². The zero-order valence-corrected chi connectivity index (χ0v) is 7.89. The fourth-order valence-corrected chi connectivity index (χ4v) is 1.15. The second-order valence-electron chi connectivity index (χ2n) is 2.49. The third-order valence-corrected chi connectivity index (χ3v) is 1.77. The van der Waals surface area contributed by atoms with Crippen molar-refractivity contribution in [2.24, 2.45) is 4.99 Å². The largest absolute Gasteiger partial charge is 0.347 e. The van der Waals surface area contributed by atoms with Gasteiger partial charge in [0.25, 0.3) is 0 Å². The summed E-state index contributed by atoms with van der Waals surface area (Å²) in [6, 6.07) is 5.69. The predicted octanol–water partition coefficient (Wildman–Crippen LogP) is 2.72. The molecule has 1 aromatic carbocycles. The molecule has 3 heteroatoms. The molecule has 1 aromatic rings. The molecule has 0 saturated carbocycles. The van der Waals surface area contributed by atoms with Crippen molar-refractivity contribution in [3.63, 3.8) is 0 Å². The minimum atomic E-state index is 0.756. The van der Waals surface area contributed by atoms with Crippen molar-refractivity contribution in [2.45, 2.75) is 6.92 Å². The van der Waals surface area contributed by atoms with Crippen LogP contribution in [0.4, 0.5) is 5.69 Å². The smallest absolute Gasteiger partial charge is 0.0864 e. The van der Waals surface area contributed by atoms with Gasteiger partial charge in [-0.2, -0.15) is 0 Å². The number of hydrogen-bond donors (Lipinski definition) is 1.